The zero-order valence-corrected chi connectivity index (χ0v) is 17.5. The molecule has 0 unspecified atom stereocenters. The van der Waals surface area contributed by atoms with Crippen molar-refractivity contribution in [1.82, 2.24) is 0 Å². The van der Waals surface area contributed by atoms with Gasteiger partial charge in [-0.3, -0.25) is 0 Å². The summed E-state index contributed by atoms with van der Waals surface area (Å²) in [5.41, 5.74) is 5.19. The van der Waals surface area contributed by atoms with E-state index in [9.17, 15) is 19.2 Å². The van der Waals surface area contributed by atoms with Crippen LogP contribution in [0.2, 0.25) is 0 Å². The Hall–Kier alpha value is -4.82. The maximum Gasteiger partial charge on any atom is 0.240 e. The molecule has 3 rings (SSSR count). The van der Waals surface area contributed by atoms with Gasteiger partial charge in [-0.2, -0.15) is 9.98 Å². The van der Waals surface area contributed by atoms with Gasteiger partial charge >= 0.3 is 0 Å². The molecular formula is C25H18N4O4. The van der Waals surface area contributed by atoms with Gasteiger partial charge in [0.1, 0.15) is 0 Å². The molecule has 8 nitrogen and oxygen atoms in total. The SMILES string of the molecule is O=C=NCc1cccc(CN=C=O)c1.O=C=Nc1ccc(Cc2ccc(N=C=O)cc2)cc1. The largest absolute Gasteiger partial charge is 0.240 e. The molecule has 0 spiro atoms. The van der Waals surface area contributed by atoms with E-state index in [4.69, 9.17) is 0 Å². The highest BCUT2D eigenvalue weighted by atomic mass is 16.1. The van der Waals surface area contributed by atoms with E-state index in [-0.39, 0.29) is 0 Å². The number of rotatable bonds is 8. The first-order valence-corrected chi connectivity index (χ1v) is 9.67. The van der Waals surface area contributed by atoms with Crippen LogP contribution in [0.4, 0.5) is 11.4 Å². The molecule has 0 aliphatic carbocycles. The highest BCUT2D eigenvalue weighted by Gasteiger charge is 1.98. The summed E-state index contributed by atoms with van der Waals surface area (Å²) in [4.78, 5) is 53.9. The van der Waals surface area contributed by atoms with Gasteiger partial charge in [0.05, 0.1) is 24.5 Å². The van der Waals surface area contributed by atoms with Crippen LogP contribution in [0.3, 0.4) is 0 Å². The molecule has 8 heteroatoms. The topological polar surface area (TPSA) is 118 Å². The summed E-state index contributed by atoms with van der Waals surface area (Å²) in [5, 5.41) is 0. The summed E-state index contributed by atoms with van der Waals surface area (Å²) < 4.78 is 0. The Morgan fingerprint density at radius 3 is 1.30 bits per heavy atom. The molecule has 3 aromatic carbocycles. The predicted octanol–water partition coefficient (Wildman–Crippen LogP) is 4.57. The number of nitrogens with zero attached hydrogens (tertiary/aromatic N) is 4. The molecule has 0 bridgehead atoms. The second-order valence-corrected chi connectivity index (χ2v) is 6.55. The van der Waals surface area contributed by atoms with E-state index in [1.807, 2.05) is 48.5 Å². The Balaban J connectivity index is 0.000000245. The van der Waals surface area contributed by atoms with Gasteiger partial charge in [-0.1, -0.05) is 48.5 Å². The van der Waals surface area contributed by atoms with Gasteiger partial charge in [0, 0.05) is 0 Å². The Morgan fingerprint density at radius 2 is 0.939 bits per heavy atom. The molecule has 0 fully saturated rings. The van der Waals surface area contributed by atoms with E-state index < -0.39 is 0 Å². The smallest absolute Gasteiger partial charge is 0.211 e. The van der Waals surface area contributed by atoms with Crippen molar-refractivity contribution >= 4 is 35.7 Å². The van der Waals surface area contributed by atoms with Crippen LogP contribution >= 0.6 is 0 Å². The lowest BCUT2D eigenvalue weighted by Gasteiger charge is -2.02. The Kier molecular flexibility index (Phi) is 10.5. The van der Waals surface area contributed by atoms with Gasteiger partial charge in [-0.15, -0.1) is 0 Å². The van der Waals surface area contributed by atoms with E-state index in [0.29, 0.717) is 24.5 Å². The average Bonchev–Trinajstić information content (AvgIpc) is 2.85. The summed E-state index contributed by atoms with van der Waals surface area (Å²) >= 11 is 0. The maximum atomic E-state index is 10.1. The first kappa shape index (κ1) is 24.4. The Morgan fingerprint density at radius 1 is 0.515 bits per heavy atom. The molecule has 3 aromatic rings. The van der Waals surface area contributed by atoms with Gasteiger partial charge in [-0.25, -0.2) is 29.2 Å². The zero-order chi connectivity index (χ0) is 23.7. The highest BCUT2D eigenvalue weighted by molar-refractivity contribution is 5.51. The van der Waals surface area contributed by atoms with Crippen LogP contribution in [-0.4, -0.2) is 24.3 Å². The predicted molar refractivity (Wildman–Crippen MR) is 121 cm³/mol. The first-order chi connectivity index (χ1) is 16.2. The number of hydrogen-bond acceptors (Lipinski definition) is 8. The minimum absolute atomic E-state index is 0.308. The average molecular weight is 438 g/mol. The molecular weight excluding hydrogens is 420 g/mol. The molecule has 162 valence electrons. The fraction of sp³-hybridized carbons (Fsp3) is 0.120. The molecule has 0 atom stereocenters. The summed E-state index contributed by atoms with van der Waals surface area (Å²) in [6, 6.07) is 22.1. The Labute approximate surface area is 189 Å². The number of isocyanates is 4. The normalized spacial score (nSPS) is 8.97. The standard InChI is InChI=1S/C15H10N2O2.C10H8N2O2/c18-10-16-14-5-1-12(2-6-14)9-13-3-7-15(8-4-13)17-11-19;13-7-11-5-9-2-1-3-10(4-9)6-12-8-14/h1-8H,9H2;1-4H,5-6H2. The fourth-order valence-electron chi connectivity index (χ4n) is 2.79. The van der Waals surface area contributed by atoms with E-state index in [1.165, 1.54) is 24.3 Å². The number of benzene rings is 3. The highest BCUT2D eigenvalue weighted by Crippen LogP contribution is 2.17. The van der Waals surface area contributed by atoms with Crippen molar-refractivity contribution in [3.8, 4) is 0 Å². The van der Waals surface area contributed by atoms with Crippen molar-refractivity contribution in [1.29, 1.82) is 0 Å². The van der Waals surface area contributed by atoms with Crippen LogP contribution < -0.4 is 0 Å². The van der Waals surface area contributed by atoms with Crippen LogP contribution in [-0.2, 0) is 38.7 Å². The Bertz CT molecular complexity index is 1150. The molecule has 0 saturated heterocycles. The molecule has 0 aliphatic rings. The molecule has 0 heterocycles. The maximum absolute atomic E-state index is 10.1. The minimum Gasteiger partial charge on any atom is -0.211 e. The summed E-state index contributed by atoms with van der Waals surface area (Å²) in [7, 11) is 0. The van der Waals surface area contributed by atoms with Crippen LogP contribution in [0.25, 0.3) is 0 Å². The van der Waals surface area contributed by atoms with Crippen molar-refractivity contribution in [3.05, 3.63) is 95.1 Å². The van der Waals surface area contributed by atoms with Gasteiger partial charge in [-0.05, 0) is 52.9 Å². The third kappa shape index (κ3) is 9.24. The van der Waals surface area contributed by atoms with Gasteiger partial charge < -0.3 is 0 Å². The molecule has 33 heavy (non-hydrogen) atoms. The summed E-state index contributed by atoms with van der Waals surface area (Å²) in [6.45, 7) is 0.615. The second kappa shape index (κ2) is 14.2. The number of carbonyl (C=O) groups excluding carboxylic acids is 4. The van der Waals surface area contributed by atoms with Crippen LogP contribution in [0.15, 0.2) is 92.8 Å². The molecule has 0 aliphatic heterocycles. The van der Waals surface area contributed by atoms with Crippen molar-refractivity contribution < 1.29 is 19.2 Å². The lowest BCUT2D eigenvalue weighted by molar-refractivity contribution is 0.562. The van der Waals surface area contributed by atoms with Crippen molar-refractivity contribution in [2.75, 3.05) is 0 Å². The van der Waals surface area contributed by atoms with Gasteiger partial charge in [0.25, 0.3) is 0 Å². The molecule has 0 saturated carbocycles. The first-order valence-electron chi connectivity index (χ1n) is 9.67. The van der Waals surface area contributed by atoms with E-state index in [2.05, 4.69) is 20.0 Å². The van der Waals surface area contributed by atoms with Crippen molar-refractivity contribution in [3.63, 3.8) is 0 Å². The third-order valence-electron chi connectivity index (χ3n) is 4.27. The van der Waals surface area contributed by atoms with Gasteiger partial charge in [0.2, 0.25) is 24.3 Å². The lowest BCUT2D eigenvalue weighted by atomic mass is 10.0. The lowest BCUT2D eigenvalue weighted by Crippen LogP contribution is -1.86. The molecule has 0 aromatic heterocycles. The summed E-state index contributed by atoms with van der Waals surface area (Å²) in [6.07, 6.45) is 6.71. The fourth-order valence-corrected chi connectivity index (χ4v) is 2.79. The van der Waals surface area contributed by atoms with E-state index >= 15 is 0 Å². The third-order valence-corrected chi connectivity index (χ3v) is 4.27. The summed E-state index contributed by atoms with van der Waals surface area (Å²) in [5.74, 6) is 0. The number of hydrogen-bond donors (Lipinski definition) is 0. The number of aliphatic imine (C=N–C) groups is 4. The molecule has 0 radical (unpaired) electrons. The monoisotopic (exact) mass is 438 g/mol. The van der Waals surface area contributed by atoms with Crippen molar-refractivity contribution in [2.45, 2.75) is 19.5 Å². The van der Waals surface area contributed by atoms with Crippen LogP contribution in [0.5, 0.6) is 0 Å². The van der Waals surface area contributed by atoms with E-state index in [1.54, 1.807) is 24.3 Å². The van der Waals surface area contributed by atoms with Gasteiger partial charge in [0.15, 0.2) is 0 Å². The van der Waals surface area contributed by atoms with Crippen molar-refractivity contribution in [2.24, 2.45) is 20.0 Å². The van der Waals surface area contributed by atoms with Crippen LogP contribution in [0.1, 0.15) is 22.3 Å². The second-order valence-electron chi connectivity index (χ2n) is 6.55. The minimum atomic E-state index is 0.308. The zero-order valence-electron chi connectivity index (χ0n) is 17.5. The molecule has 0 N–H and O–H groups in total. The molecule has 0 amide bonds. The quantitative estimate of drug-likeness (QED) is 0.378. The van der Waals surface area contributed by atoms with Crippen LogP contribution in [0, 0.1) is 0 Å². The van der Waals surface area contributed by atoms with E-state index in [0.717, 1.165) is 28.7 Å².